The van der Waals surface area contributed by atoms with Gasteiger partial charge in [0.15, 0.2) is 0 Å². The van der Waals surface area contributed by atoms with Gasteiger partial charge in [0.25, 0.3) is 0 Å². The molecule has 0 saturated carbocycles. The average molecular weight is 369 g/mol. The van der Waals surface area contributed by atoms with E-state index in [-0.39, 0.29) is 23.6 Å². The molecule has 110 valence electrons. The third-order valence-electron chi connectivity index (χ3n) is 3.37. The number of carbonyl (C=O) groups excluding carboxylic acids is 2. The Morgan fingerprint density at radius 2 is 2.14 bits per heavy atom. The van der Waals surface area contributed by atoms with Crippen molar-refractivity contribution in [1.29, 1.82) is 0 Å². The molecule has 1 saturated heterocycles. The van der Waals surface area contributed by atoms with E-state index in [4.69, 9.17) is 10.5 Å². The number of nitrogens with two attached hydrogens (primary N) is 1. The number of esters is 1. The van der Waals surface area contributed by atoms with Crippen LogP contribution in [0.3, 0.4) is 0 Å². The minimum Gasteiger partial charge on any atom is -0.456 e. The van der Waals surface area contributed by atoms with E-state index < -0.39 is 12.0 Å². The predicted molar refractivity (Wildman–Crippen MR) is 83.3 cm³/mol. The van der Waals surface area contributed by atoms with Crippen LogP contribution in [0.15, 0.2) is 40.5 Å². The van der Waals surface area contributed by atoms with Crippen LogP contribution in [0.1, 0.15) is 5.56 Å². The van der Waals surface area contributed by atoms with Gasteiger partial charge in [0.2, 0.25) is 5.91 Å². The van der Waals surface area contributed by atoms with Crippen molar-refractivity contribution in [3.63, 3.8) is 0 Å². The molecule has 0 radical (unpaired) electrons. The van der Waals surface area contributed by atoms with E-state index in [1.807, 2.05) is 30.3 Å². The molecule has 0 spiro atoms. The summed E-state index contributed by atoms with van der Waals surface area (Å²) in [5.41, 5.74) is 6.93. The summed E-state index contributed by atoms with van der Waals surface area (Å²) in [4.78, 5) is 25.6. The molecule has 7 heteroatoms. The van der Waals surface area contributed by atoms with E-state index in [0.29, 0.717) is 10.2 Å². The lowest BCUT2D eigenvalue weighted by atomic mass is 10.1. The molecule has 2 N–H and O–H groups in total. The highest BCUT2D eigenvalue weighted by atomic mass is 79.9. The fourth-order valence-corrected chi connectivity index (χ4v) is 4.15. The molecule has 1 amide bonds. The van der Waals surface area contributed by atoms with Crippen LogP contribution in [0.5, 0.6) is 0 Å². The monoisotopic (exact) mass is 368 g/mol. The van der Waals surface area contributed by atoms with E-state index in [1.54, 1.807) is 0 Å². The maximum atomic E-state index is 12.3. The van der Waals surface area contributed by atoms with E-state index in [9.17, 15) is 9.59 Å². The number of β-lactam (4-membered cyclic amide) rings is 1. The highest BCUT2D eigenvalue weighted by Gasteiger charge is 2.51. The Morgan fingerprint density at radius 3 is 2.86 bits per heavy atom. The standard InChI is InChI=1S/C14H13BrN2O3S/c15-9-7-21-13-10(16)12(18)17(13)11(9)14(19)20-6-8-4-2-1-3-5-8/h1-5,10,13H,6-7,16H2/t10?,13-/m0/s1. The van der Waals surface area contributed by atoms with Crippen LogP contribution in [-0.2, 0) is 20.9 Å². The fraction of sp³-hybridized carbons (Fsp3) is 0.286. The second-order valence-corrected chi connectivity index (χ2v) is 6.81. The second-order valence-electron chi connectivity index (χ2n) is 4.75. The van der Waals surface area contributed by atoms with Crippen LogP contribution in [0.2, 0.25) is 0 Å². The lowest BCUT2D eigenvalue weighted by Crippen LogP contribution is -2.68. The summed E-state index contributed by atoms with van der Waals surface area (Å²) in [5.74, 6) is -0.134. The Morgan fingerprint density at radius 1 is 1.43 bits per heavy atom. The first-order valence-corrected chi connectivity index (χ1v) is 8.23. The molecule has 2 heterocycles. The molecule has 2 aliphatic rings. The van der Waals surface area contributed by atoms with Crippen molar-refractivity contribution in [1.82, 2.24) is 4.90 Å². The molecule has 1 aromatic rings. The fourth-order valence-electron chi connectivity index (χ4n) is 2.26. The summed E-state index contributed by atoms with van der Waals surface area (Å²) in [7, 11) is 0. The van der Waals surface area contributed by atoms with Crippen molar-refractivity contribution in [2.75, 3.05) is 5.75 Å². The van der Waals surface area contributed by atoms with E-state index in [1.165, 1.54) is 16.7 Å². The zero-order valence-electron chi connectivity index (χ0n) is 11.0. The number of rotatable bonds is 3. The van der Waals surface area contributed by atoms with Gasteiger partial charge in [-0.15, -0.1) is 11.8 Å². The number of benzene rings is 1. The maximum Gasteiger partial charge on any atom is 0.356 e. The van der Waals surface area contributed by atoms with E-state index >= 15 is 0 Å². The molecule has 0 aromatic heterocycles. The molecule has 1 fully saturated rings. The topological polar surface area (TPSA) is 72.6 Å². The number of carbonyl (C=O) groups is 2. The van der Waals surface area contributed by atoms with Gasteiger partial charge in [0.05, 0.1) is 0 Å². The maximum absolute atomic E-state index is 12.3. The van der Waals surface area contributed by atoms with E-state index in [0.717, 1.165) is 5.56 Å². The number of nitrogens with zero attached hydrogens (tertiary/aromatic N) is 1. The summed E-state index contributed by atoms with van der Waals surface area (Å²) in [5, 5.41) is -0.168. The van der Waals surface area contributed by atoms with Gasteiger partial charge < -0.3 is 10.5 Å². The van der Waals surface area contributed by atoms with Gasteiger partial charge in [-0.3, -0.25) is 9.69 Å². The minimum absolute atomic E-state index is 0.168. The summed E-state index contributed by atoms with van der Waals surface area (Å²) >= 11 is 4.89. The Kier molecular flexibility index (Phi) is 4.05. The number of halogens is 1. The first kappa shape index (κ1) is 14.6. The molecular weight excluding hydrogens is 356 g/mol. The van der Waals surface area contributed by atoms with Crippen molar-refractivity contribution < 1.29 is 14.3 Å². The summed E-state index contributed by atoms with van der Waals surface area (Å²) in [6.45, 7) is 0.176. The first-order valence-electron chi connectivity index (χ1n) is 6.39. The number of amides is 1. The predicted octanol–water partition coefficient (Wildman–Crippen LogP) is 1.58. The highest BCUT2D eigenvalue weighted by molar-refractivity contribution is 9.11. The normalized spacial score (nSPS) is 24.5. The van der Waals surface area contributed by atoms with Gasteiger partial charge in [0, 0.05) is 10.2 Å². The van der Waals surface area contributed by atoms with Crippen LogP contribution in [0.25, 0.3) is 0 Å². The third-order valence-corrected chi connectivity index (χ3v) is 5.70. The number of ether oxygens (including phenoxy) is 1. The van der Waals surface area contributed by atoms with Gasteiger partial charge in [0.1, 0.15) is 23.7 Å². The third kappa shape index (κ3) is 2.61. The molecule has 1 aromatic carbocycles. The van der Waals surface area contributed by atoms with Crippen LogP contribution in [0.4, 0.5) is 0 Å². The van der Waals surface area contributed by atoms with Crippen molar-refractivity contribution in [3.8, 4) is 0 Å². The molecule has 0 aliphatic carbocycles. The van der Waals surface area contributed by atoms with Crippen molar-refractivity contribution >= 4 is 39.6 Å². The Hall–Kier alpha value is -1.31. The smallest absolute Gasteiger partial charge is 0.356 e. The van der Waals surface area contributed by atoms with Gasteiger partial charge in [-0.1, -0.05) is 46.3 Å². The minimum atomic E-state index is -0.535. The molecule has 0 bridgehead atoms. The number of hydrogen-bond acceptors (Lipinski definition) is 5. The summed E-state index contributed by atoms with van der Waals surface area (Å²) < 4.78 is 5.97. The molecular formula is C14H13BrN2O3S. The quantitative estimate of drug-likeness (QED) is 0.647. The average Bonchev–Trinajstić information content (AvgIpc) is 2.52. The van der Waals surface area contributed by atoms with Gasteiger partial charge in [-0.2, -0.15) is 0 Å². The molecule has 2 atom stereocenters. The zero-order chi connectivity index (χ0) is 15.0. The van der Waals surface area contributed by atoms with Crippen molar-refractivity contribution in [3.05, 3.63) is 46.1 Å². The van der Waals surface area contributed by atoms with Crippen LogP contribution in [0, 0.1) is 0 Å². The largest absolute Gasteiger partial charge is 0.456 e. The SMILES string of the molecule is NC1C(=O)N2C(C(=O)OCc3ccccc3)=C(Br)CS[C@@H]12. The molecule has 3 rings (SSSR count). The van der Waals surface area contributed by atoms with Crippen LogP contribution >= 0.6 is 27.7 Å². The van der Waals surface area contributed by atoms with Crippen LogP contribution < -0.4 is 5.73 Å². The zero-order valence-corrected chi connectivity index (χ0v) is 13.4. The highest BCUT2D eigenvalue weighted by Crippen LogP contribution is 2.41. The Labute approximate surface area is 134 Å². The van der Waals surface area contributed by atoms with E-state index in [2.05, 4.69) is 15.9 Å². The lowest BCUT2D eigenvalue weighted by Gasteiger charge is -2.47. The molecule has 2 aliphatic heterocycles. The molecule has 1 unspecified atom stereocenters. The summed E-state index contributed by atoms with van der Waals surface area (Å²) in [6.07, 6.45) is 0. The Bertz CT molecular complexity index is 620. The van der Waals surface area contributed by atoms with Crippen molar-refractivity contribution in [2.45, 2.75) is 18.0 Å². The second kappa shape index (κ2) is 5.82. The number of hydrogen-bond donors (Lipinski definition) is 1. The molecule has 21 heavy (non-hydrogen) atoms. The van der Waals surface area contributed by atoms with Crippen LogP contribution in [-0.4, -0.2) is 33.9 Å². The van der Waals surface area contributed by atoms with Gasteiger partial charge in [-0.05, 0) is 5.56 Å². The van der Waals surface area contributed by atoms with Gasteiger partial charge >= 0.3 is 5.97 Å². The van der Waals surface area contributed by atoms with Crippen molar-refractivity contribution in [2.24, 2.45) is 5.73 Å². The first-order chi connectivity index (χ1) is 10.1. The summed E-state index contributed by atoms with van der Waals surface area (Å²) in [6, 6.07) is 8.87. The Balaban J connectivity index is 1.73. The lowest BCUT2D eigenvalue weighted by molar-refractivity contribution is -0.151. The number of thioether (sulfide) groups is 1. The number of fused-ring (bicyclic) bond motifs is 1. The molecule has 5 nitrogen and oxygen atoms in total. The van der Waals surface area contributed by atoms with Gasteiger partial charge in [-0.25, -0.2) is 4.79 Å².